The van der Waals surface area contributed by atoms with Gasteiger partial charge in [-0.05, 0) is 18.2 Å². The van der Waals surface area contributed by atoms with Crippen LogP contribution >= 0.6 is 11.8 Å². The minimum absolute atomic E-state index is 0.117. The smallest absolute Gasteiger partial charge is 0.266 e. The van der Waals surface area contributed by atoms with Crippen LogP contribution in [0.2, 0.25) is 0 Å². The van der Waals surface area contributed by atoms with Crippen LogP contribution in [0.15, 0.2) is 53.5 Å². The van der Waals surface area contributed by atoms with Crippen LogP contribution in [-0.2, 0) is 9.59 Å². The van der Waals surface area contributed by atoms with E-state index in [1.54, 1.807) is 59.1 Å². The number of rotatable bonds is 3. The minimum atomic E-state index is -1.22. The van der Waals surface area contributed by atoms with Gasteiger partial charge in [0.2, 0.25) is 5.91 Å². The van der Waals surface area contributed by atoms with Gasteiger partial charge in [-0.3, -0.25) is 19.5 Å². The average Bonchev–Trinajstić information content (AvgIpc) is 2.85. The number of nitrogens with two attached hydrogens (primary N) is 1. The van der Waals surface area contributed by atoms with E-state index in [2.05, 4.69) is 4.99 Å². The molecule has 150 valence electrons. The number of carbonyl (C=O) groups excluding carboxylic acids is 2. The van der Waals surface area contributed by atoms with E-state index in [0.717, 1.165) is 11.5 Å². The maximum absolute atomic E-state index is 14.5. The monoisotopic (exact) mass is 412 g/mol. The number of hydrogen-bond acceptors (Lipinski definition) is 5. The summed E-state index contributed by atoms with van der Waals surface area (Å²) in [4.78, 5) is 33.3. The molecule has 0 aromatic heterocycles. The summed E-state index contributed by atoms with van der Waals surface area (Å²) in [5.74, 6) is 0.710. The zero-order chi connectivity index (χ0) is 20.4. The Morgan fingerprint density at radius 3 is 2.48 bits per heavy atom. The molecule has 1 fully saturated rings. The van der Waals surface area contributed by atoms with Crippen molar-refractivity contribution < 1.29 is 14.0 Å². The van der Waals surface area contributed by atoms with Gasteiger partial charge in [-0.1, -0.05) is 30.3 Å². The topological polar surface area (TPSA) is 79.0 Å². The number of amides is 2. The summed E-state index contributed by atoms with van der Waals surface area (Å²) >= 11 is 1.81. The molecule has 2 aromatic rings. The SMILES string of the molecule is NC1N=C(c2ccccc2F)c2ccccc2N(CC(=O)N2CCSCC2)C1=O. The number of thioether (sulfide) groups is 1. The summed E-state index contributed by atoms with van der Waals surface area (Å²) in [6.45, 7) is 1.21. The molecule has 2 heterocycles. The number of carbonyl (C=O) groups is 2. The molecular weight excluding hydrogens is 391 g/mol. The third-order valence-electron chi connectivity index (χ3n) is 5.02. The Labute approximate surface area is 172 Å². The fraction of sp³-hybridized carbons (Fsp3) is 0.286. The second kappa shape index (κ2) is 8.34. The van der Waals surface area contributed by atoms with Crippen LogP contribution in [0.1, 0.15) is 11.1 Å². The summed E-state index contributed by atoms with van der Waals surface area (Å²) in [6.07, 6.45) is -1.22. The highest BCUT2D eigenvalue weighted by Gasteiger charge is 2.33. The lowest BCUT2D eigenvalue weighted by atomic mass is 9.99. The Hall–Kier alpha value is -2.71. The number of fused-ring (bicyclic) bond motifs is 1. The fourth-order valence-corrected chi connectivity index (χ4v) is 4.43. The van der Waals surface area contributed by atoms with E-state index in [1.165, 1.54) is 11.0 Å². The van der Waals surface area contributed by atoms with Crippen LogP contribution in [0, 0.1) is 5.82 Å². The highest BCUT2D eigenvalue weighted by Crippen LogP contribution is 2.28. The lowest BCUT2D eigenvalue weighted by Gasteiger charge is -2.30. The van der Waals surface area contributed by atoms with Crippen LogP contribution in [0.25, 0.3) is 0 Å². The van der Waals surface area contributed by atoms with Crippen LogP contribution in [0.5, 0.6) is 0 Å². The standard InChI is InChI=1S/C21H21FN4O2S/c22-16-7-3-1-5-14(16)19-15-6-2-4-8-17(15)26(21(28)20(23)24-19)13-18(27)25-9-11-29-12-10-25/h1-8,20H,9-13,23H2. The second-order valence-corrected chi connectivity index (χ2v) is 8.06. The van der Waals surface area contributed by atoms with Crippen molar-refractivity contribution in [3.63, 3.8) is 0 Å². The zero-order valence-corrected chi connectivity index (χ0v) is 16.6. The molecule has 0 radical (unpaired) electrons. The molecule has 0 saturated carbocycles. The summed E-state index contributed by atoms with van der Waals surface area (Å²) in [5.41, 5.74) is 7.70. The number of benzodiazepines with no additional fused rings is 1. The molecular formula is C21H21FN4O2S. The first-order valence-electron chi connectivity index (χ1n) is 9.41. The number of nitrogens with zero attached hydrogens (tertiary/aromatic N) is 3. The van der Waals surface area contributed by atoms with Gasteiger partial charge in [0, 0.05) is 35.7 Å². The van der Waals surface area contributed by atoms with Gasteiger partial charge < -0.3 is 10.6 Å². The third kappa shape index (κ3) is 3.90. The summed E-state index contributed by atoms with van der Waals surface area (Å²) in [6, 6.07) is 13.3. The van der Waals surface area contributed by atoms with E-state index in [0.29, 0.717) is 30.1 Å². The van der Waals surface area contributed by atoms with Gasteiger partial charge >= 0.3 is 0 Å². The van der Waals surface area contributed by atoms with Crippen molar-refractivity contribution >= 4 is 35.0 Å². The van der Waals surface area contributed by atoms with E-state index >= 15 is 0 Å². The molecule has 2 N–H and O–H groups in total. The molecule has 2 aliphatic rings. The number of para-hydroxylation sites is 1. The molecule has 8 heteroatoms. The molecule has 6 nitrogen and oxygen atoms in total. The van der Waals surface area contributed by atoms with Crippen LogP contribution < -0.4 is 10.6 Å². The van der Waals surface area contributed by atoms with Gasteiger partial charge in [-0.2, -0.15) is 11.8 Å². The van der Waals surface area contributed by atoms with E-state index < -0.39 is 17.9 Å². The van der Waals surface area contributed by atoms with Gasteiger partial charge in [0.1, 0.15) is 12.4 Å². The molecule has 0 aliphatic carbocycles. The Bertz CT molecular complexity index is 975. The lowest BCUT2D eigenvalue weighted by molar-refractivity contribution is -0.131. The van der Waals surface area contributed by atoms with Crippen molar-refractivity contribution in [1.82, 2.24) is 4.90 Å². The first-order chi connectivity index (χ1) is 14.1. The highest BCUT2D eigenvalue weighted by atomic mass is 32.2. The van der Waals surface area contributed by atoms with Crippen molar-refractivity contribution in [2.24, 2.45) is 10.7 Å². The molecule has 29 heavy (non-hydrogen) atoms. The van der Waals surface area contributed by atoms with E-state index in [4.69, 9.17) is 5.73 Å². The number of benzene rings is 2. The van der Waals surface area contributed by atoms with Crippen LogP contribution in [0.3, 0.4) is 0 Å². The quantitative estimate of drug-likeness (QED) is 0.835. The number of halogens is 1. The highest BCUT2D eigenvalue weighted by molar-refractivity contribution is 7.99. The first kappa shape index (κ1) is 19.6. The van der Waals surface area contributed by atoms with Crippen LogP contribution in [-0.4, -0.2) is 59.7 Å². The largest absolute Gasteiger partial charge is 0.339 e. The molecule has 0 spiro atoms. The maximum Gasteiger partial charge on any atom is 0.266 e. The van der Waals surface area contributed by atoms with Crippen molar-refractivity contribution in [2.45, 2.75) is 6.17 Å². The minimum Gasteiger partial charge on any atom is -0.339 e. The second-order valence-electron chi connectivity index (χ2n) is 6.84. The van der Waals surface area contributed by atoms with Gasteiger partial charge in [0.05, 0.1) is 11.4 Å². The lowest BCUT2D eigenvalue weighted by Crippen LogP contribution is -2.49. The number of aliphatic imine (C=N–C) groups is 1. The van der Waals surface area contributed by atoms with Crippen molar-refractivity contribution in [2.75, 3.05) is 36.0 Å². The Morgan fingerprint density at radius 2 is 1.76 bits per heavy atom. The third-order valence-corrected chi connectivity index (χ3v) is 5.97. The molecule has 4 rings (SSSR count). The molecule has 2 aliphatic heterocycles. The fourth-order valence-electron chi connectivity index (χ4n) is 3.53. The summed E-state index contributed by atoms with van der Waals surface area (Å²) in [5, 5.41) is 0. The Morgan fingerprint density at radius 1 is 1.10 bits per heavy atom. The average molecular weight is 412 g/mol. The molecule has 2 amide bonds. The van der Waals surface area contributed by atoms with Crippen molar-refractivity contribution in [3.8, 4) is 0 Å². The maximum atomic E-state index is 14.5. The summed E-state index contributed by atoms with van der Waals surface area (Å²) in [7, 11) is 0. The van der Waals surface area contributed by atoms with Gasteiger partial charge in [0.15, 0.2) is 6.17 Å². The van der Waals surface area contributed by atoms with Gasteiger partial charge in [0.25, 0.3) is 5.91 Å². The van der Waals surface area contributed by atoms with Gasteiger partial charge in [-0.15, -0.1) is 0 Å². The molecule has 0 bridgehead atoms. The van der Waals surface area contributed by atoms with Crippen LogP contribution in [0.4, 0.5) is 10.1 Å². The predicted octanol–water partition coefficient (Wildman–Crippen LogP) is 1.87. The summed E-state index contributed by atoms with van der Waals surface area (Å²) < 4.78 is 14.5. The molecule has 2 aromatic carbocycles. The normalized spacial score (nSPS) is 19.4. The Kier molecular flexibility index (Phi) is 5.64. The Balaban J connectivity index is 1.74. The molecule has 1 unspecified atom stereocenters. The zero-order valence-electron chi connectivity index (χ0n) is 15.8. The number of anilines is 1. The molecule has 1 atom stereocenters. The van der Waals surface area contributed by atoms with E-state index in [1.807, 2.05) is 0 Å². The van der Waals surface area contributed by atoms with E-state index in [-0.39, 0.29) is 18.0 Å². The van der Waals surface area contributed by atoms with E-state index in [9.17, 15) is 14.0 Å². The molecule has 1 saturated heterocycles. The number of hydrogen-bond donors (Lipinski definition) is 1. The van der Waals surface area contributed by atoms with Crippen molar-refractivity contribution in [1.29, 1.82) is 0 Å². The van der Waals surface area contributed by atoms with Gasteiger partial charge in [-0.25, -0.2) is 4.39 Å². The predicted molar refractivity (Wildman–Crippen MR) is 113 cm³/mol. The van der Waals surface area contributed by atoms with Crippen molar-refractivity contribution in [3.05, 3.63) is 65.5 Å². The first-order valence-corrected chi connectivity index (χ1v) is 10.6.